The molecule has 1 saturated heterocycles. The van der Waals surface area contributed by atoms with Gasteiger partial charge in [-0.2, -0.15) is 5.26 Å². The fraction of sp³-hybridized carbons (Fsp3) is 0.348. The molecule has 1 fully saturated rings. The predicted molar refractivity (Wildman–Crippen MR) is 121 cm³/mol. The zero-order chi connectivity index (χ0) is 22.2. The van der Waals surface area contributed by atoms with Gasteiger partial charge in [-0.15, -0.1) is 0 Å². The Morgan fingerprint density at radius 3 is 2.29 bits per heavy atom. The van der Waals surface area contributed by atoms with E-state index in [0.29, 0.717) is 35.5 Å². The van der Waals surface area contributed by atoms with Crippen LogP contribution in [0.1, 0.15) is 22.1 Å². The van der Waals surface area contributed by atoms with E-state index in [0.717, 1.165) is 18.7 Å². The van der Waals surface area contributed by atoms with Gasteiger partial charge in [0.05, 0.1) is 22.0 Å². The average Bonchev–Trinajstić information content (AvgIpc) is 2.76. The van der Waals surface area contributed by atoms with Crippen molar-refractivity contribution in [2.75, 3.05) is 38.1 Å². The highest BCUT2D eigenvalue weighted by Crippen LogP contribution is 2.35. The summed E-state index contributed by atoms with van der Waals surface area (Å²) in [7, 11) is -1.95. The highest BCUT2D eigenvalue weighted by Gasteiger charge is 2.36. The largest absolute Gasteiger partial charge is 0.352 e. The third kappa shape index (κ3) is 3.99. The van der Waals surface area contributed by atoms with Gasteiger partial charge in [-0.3, -0.25) is 0 Å². The van der Waals surface area contributed by atoms with Crippen molar-refractivity contribution in [1.29, 1.82) is 5.26 Å². The first-order valence-corrected chi connectivity index (χ1v) is 11.8. The van der Waals surface area contributed by atoms with Crippen molar-refractivity contribution in [3.63, 3.8) is 0 Å². The van der Waals surface area contributed by atoms with Crippen LogP contribution in [0.4, 0.5) is 5.82 Å². The average molecular weight is 436 g/mol. The fourth-order valence-corrected chi connectivity index (χ4v) is 5.56. The standard InChI is InChI=1S/C23H25N5O2S/c1-16-8-9-17(2)20(14-16)31(29,30)21(15-24)22-23(28-12-10-27(3)11-13-28)26-19-7-5-4-6-18(19)25-22/h4-9,14,21H,10-13H2,1-3H3/t21-/m1/s1. The van der Waals surface area contributed by atoms with Gasteiger partial charge in [0.2, 0.25) is 9.84 Å². The number of aryl methyl sites for hydroxylation is 2. The van der Waals surface area contributed by atoms with E-state index >= 15 is 0 Å². The second kappa shape index (κ2) is 8.25. The fourth-order valence-electron chi connectivity index (χ4n) is 3.85. The van der Waals surface area contributed by atoms with Crippen molar-refractivity contribution in [3.8, 4) is 6.07 Å². The van der Waals surface area contributed by atoms with Crippen LogP contribution in [0.5, 0.6) is 0 Å². The molecule has 1 aromatic heterocycles. The van der Waals surface area contributed by atoms with Gasteiger partial charge in [0.1, 0.15) is 5.69 Å². The van der Waals surface area contributed by atoms with Gasteiger partial charge in [-0.25, -0.2) is 18.4 Å². The Kier molecular flexibility index (Phi) is 5.65. The van der Waals surface area contributed by atoms with E-state index in [1.54, 1.807) is 25.1 Å². The molecular weight excluding hydrogens is 410 g/mol. The number of aromatic nitrogens is 2. The second-order valence-electron chi connectivity index (χ2n) is 8.03. The molecule has 2 heterocycles. The summed E-state index contributed by atoms with van der Waals surface area (Å²) in [5, 5.41) is 8.61. The molecule has 160 valence electrons. The molecule has 7 nitrogen and oxygen atoms in total. The summed E-state index contributed by atoms with van der Waals surface area (Å²) in [5.74, 6) is 0.479. The molecule has 2 aromatic carbocycles. The van der Waals surface area contributed by atoms with Crippen LogP contribution in [-0.4, -0.2) is 56.5 Å². The van der Waals surface area contributed by atoms with E-state index in [-0.39, 0.29) is 10.6 Å². The molecular formula is C23H25N5O2S. The summed E-state index contributed by atoms with van der Waals surface area (Å²) in [4.78, 5) is 13.8. The van der Waals surface area contributed by atoms with E-state index < -0.39 is 15.1 Å². The first-order valence-electron chi connectivity index (χ1n) is 10.2. The Bertz CT molecular complexity index is 1270. The van der Waals surface area contributed by atoms with Crippen LogP contribution in [0.15, 0.2) is 47.4 Å². The molecule has 0 bridgehead atoms. The van der Waals surface area contributed by atoms with Gasteiger partial charge in [-0.1, -0.05) is 24.3 Å². The second-order valence-corrected chi connectivity index (χ2v) is 10.0. The van der Waals surface area contributed by atoms with Gasteiger partial charge in [0.15, 0.2) is 11.1 Å². The molecule has 1 aliphatic heterocycles. The number of benzene rings is 2. The predicted octanol–water partition coefficient (Wildman–Crippen LogP) is 3.04. The van der Waals surface area contributed by atoms with Crippen molar-refractivity contribution in [2.45, 2.75) is 24.0 Å². The molecule has 4 rings (SSSR count). The molecule has 31 heavy (non-hydrogen) atoms. The molecule has 1 atom stereocenters. The third-order valence-electron chi connectivity index (χ3n) is 5.71. The first-order chi connectivity index (χ1) is 14.8. The minimum absolute atomic E-state index is 0.165. The van der Waals surface area contributed by atoms with Crippen molar-refractivity contribution < 1.29 is 8.42 Å². The number of nitrogens with zero attached hydrogens (tertiary/aromatic N) is 5. The summed E-state index contributed by atoms with van der Waals surface area (Å²) >= 11 is 0. The molecule has 0 N–H and O–H groups in total. The molecule has 0 aliphatic carbocycles. The molecule has 0 unspecified atom stereocenters. The lowest BCUT2D eigenvalue weighted by Gasteiger charge is -2.34. The maximum Gasteiger partial charge on any atom is 0.200 e. The normalized spacial score (nSPS) is 16.3. The lowest BCUT2D eigenvalue weighted by Crippen LogP contribution is -2.45. The van der Waals surface area contributed by atoms with E-state index in [4.69, 9.17) is 4.98 Å². The quantitative estimate of drug-likeness (QED) is 0.622. The zero-order valence-electron chi connectivity index (χ0n) is 17.9. The topological polar surface area (TPSA) is 90.2 Å². The van der Waals surface area contributed by atoms with Crippen molar-refractivity contribution >= 4 is 26.7 Å². The lowest BCUT2D eigenvalue weighted by atomic mass is 10.2. The Morgan fingerprint density at radius 1 is 1.00 bits per heavy atom. The Labute approximate surface area is 182 Å². The summed E-state index contributed by atoms with van der Waals surface area (Å²) in [5.41, 5.74) is 2.89. The number of anilines is 1. The van der Waals surface area contributed by atoms with Crippen LogP contribution < -0.4 is 4.90 Å². The molecule has 0 radical (unpaired) electrons. The van der Waals surface area contributed by atoms with Crippen molar-refractivity contribution in [1.82, 2.24) is 14.9 Å². The van der Waals surface area contributed by atoms with Gasteiger partial charge in [-0.05, 0) is 50.2 Å². The van der Waals surface area contributed by atoms with E-state index in [2.05, 4.69) is 9.88 Å². The molecule has 8 heteroatoms. The van der Waals surface area contributed by atoms with Gasteiger partial charge in [0.25, 0.3) is 0 Å². The number of piperazine rings is 1. The molecule has 3 aromatic rings. The third-order valence-corrected chi connectivity index (χ3v) is 7.71. The number of hydrogen-bond donors (Lipinski definition) is 0. The number of likely N-dealkylation sites (N-methyl/N-ethyl adjacent to an activating group) is 1. The van der Waals surface area contributed by atoms with E-state index in [1.807, 2.05) is 49.2 Å². The number of nitriles is 1. The zero-order valence-corrected chi connectivity index (χ0v) is 18.7. The highest BCUT2D eigenvalue weighted by molar-refractivity contribution is 7.92. The van der Waals surface area contributed by atoms with Gasteiger partial charge in [0, 0.05) is 26.2 Å². The van der Waals surface area contributed by atoms with Crippen LogP contribution >= 0.6 is 0 Å². The Balaban J connectivity index is 1.91. The molecule has 0 saturated carbocycles. The number of sulfone groups is 1. The number of rotatable bonds is 4. The summed E-state index contributed by atoms with van der Waals surface area (Å²) in [6.07, 6.45) is 0. The monoisotopic (exact) mass is 435 g/mol. The SMILES string of the molecule is Cc1ccc(C)c(S(=O)(=O)[C@H](C#N)c2nc3ccccc3nc2N2CCN(C)CC2)c1. The maximum atomic E-state index is 13.6. The van der Waals surface area contributed by atoms with Crippen LogP contribution in [0.3, 0.4) is 0 Å². The number of fused-ring (bicyclic) bond motifs is 1. The van der Waals surface area contributed by atoms with E-state index in [9.17, 15) is 13.7 Å². The van der Waals surface area contributed by atoms with E-state index in [1.165, 1.54) is 0 Å². The van der Waals surface area contributed by atoms with Gasteiger partial charge < -0.3 is 9.80 Å². The minimum atomic E-state index is -4.00. The van der Waals surface area contributed by atoms with Crippen molar-refractivity contribution in [3.05, 3.63) is 59.3 Å². The maximum absolute atomic E-state index is 13.6. The first kappa shape index (κ1) is 21.2. The lowest BCUT2D eigenvalue weighted by molar-refractivity contribution is 0.312. The molecule has 1 aliphatic rings. The smallest absolute Gasteiger partial charge is 0.200 e. The summed E-state index contributed by atoms with van der Waals surface area (Å²) < 4.78 is 27.3. The Hall–Kier alpha value is -3.02. The molecule has 0 spiro atoms. The summed E-state index contributed by atoms with van der Waals surface area (Å²) in [6, 6.07) is 14.6. The molecule has 0 amide bonds. The number of para-hydroxylation sites is 2. The minimum Gasteiger partial charge on any atom is -0.352 e. The van der Waals surface area contributed by atoms with Crippen LogP contribution in [0.2, 0.25) is 0 Å². The van der Waals surface area contributed by atoms with Crippen LogP contribution in [-0.2, 0) is 9.84 Å². The van der Waals surface area contributed by atoms with Crippen LogP contribution in [0.25, 0.3) is 11.0 Å². The Morgan fingerprint density at radius 2 is 1.65 bits per heavy atom. The number of hydrogen-bond acceptors (Lipinski definition) is 7. The summed E-state index contributed by atoms with van der Waals surface area (Å²) in [6.45, 7) is 6.62. The highest BCUT2D eigenvalue weighted by atomic mass is 32.2. The van der Waals surface area contributed by atoms with Crippen molar-refractivity contribution in [2.24, 2.45) is 0 Å². The van der Waals surface area contributed by atoms with Crippen LogP contribution in [0, 0.1) is 25.2 Å². The van der Waals surface area contributed by atoms with Gasteiger partial charge >= 0.3 is 0 Å².